The van der Waals surface area contributed by atoms with E-state index in [1.165, 1.54) is 11.1 Å². The summed E-state index contributed by atoms with van der Waals surface area (Å²) in [5, 5.41) is 1.00. The molecule has 2 aromatic carbocycles. The van der Waals surface area contributed by atoms with E-state index in [2.05, 4.69) is 37.0 Å². The highest BCUT2D eigenvalue weighted by molar-refractivity contribution is 6.42. The van der Waals surface area contributed by atoms with Crippen LogP contribution in [0.3, 0.4) is 0 Å². The topological polar surface area (TPSA) is 17.8 Å². The Morgan fingerprint density at radius 3 is 2.38 bits per heavy atom. The van der Waals surface area contributed by atoms with Gasteiger partial charge in [0.25, 0.3) is 0 Å². The molecule has 0 fully saturated rings. The van der Waals surface area contributed by atoms with E-state index >= 15 is 0 Å². The molecule has 0 aliphatic carbocycles. The van der Waals surface area contributed by atoms with E-state index in [1.807, 2.05) is 10.6 Å². The third kappa shape index (κ3) is 2.52. The van der Waals surface area contributed by atoms with Crippen LogP contribution in [0.25, 0.3) is 16.7 Å². The summed E-state index contributed by atoms with van der Waals surface area (Å²) in [6.45, 7) is 4.17. The number of fused-ring (bicyclic) bond motifs is 1. The van der Waals surface area contributed by atoms with Crippen molar-refractivity contribution in [1.29, 1.82) is 0 Å². The van der Waals surface area contributed by atoms with Crippen LogP contribution >= 0.6 is 34.8 Å². The van der Waals surface area contributed by atoms with E-state index < -0.39 is 0 Å². The molecule has 3 aromatic rings. The van der Waals surface area contributed by atoms with E-state index in [0.29, 0.717) is 15.9 Å². The lowest BCUT2D eigenvalue weighted by Gasteiger charge is -2.10. The Kier molecular flexibility index (Phi) is 3.87. The van der Waals surface area contributed by atoms with Gasteiger partial charge in [0.2, 0.25) is 0 Å². The van der Waals surface area contributed by atoms with Gasteiger partial charge >= 0.3 is 0 Å². The van der Waals surface area contributed by atoms with Crippen LogP contribution in [0, 0.1) is 13.8 Å². The number of rotatable bonds is 2. The van der Waals surface area contributed by atoms with Crippen LogP contribution in [0.15, 0.2) is 30.3 Å². The van der Waals surface area contributed by atoms with Crippen molar-refractivity contribution in [3.63, 3.8) is 0 Å². The fourth-order valence-electron chi connectivity index (χ4n) is 2.37. The number of imidazole rings is 1. The van der Waals surface area contributed by atoms with E-state index in [9.17, 15) is 0 Å². The summed E-state index contributed by atoms with van der Waals surface area (Å²) >= 11 is 18.3. The first kappa shape index (κ1) is 14.7. The van der Waals surface area contributed by atoms with Crippen LogP contribution < -0.4 is 0 Å². The number of alkyl halides is 1. The smallest absolute Gasteiger partial charge is 0.129 e. The van der Waals surface area contributed by atoms with E-state index in [4.69, 9.17) is 34.8 Å². The Hall–Kier alpha value is -1.22. The van der Waals surface area contributed by atoms with Crippen LogP contribution in [-0.4, -0.2) is 9.55 Å². The summed E-state index contributed by atoms with van der Waals surface area (Å²) in [5.74, 6) is 1.09. The van der Waals surface area contributed by atoms with Gasteiger partial charge in [0.05, 0.1) is 27.0 Å². The normalized spacial score (nSPS) is 11.3. The van der Waals surface area contributed by atoms with Gasteiger partial charge in [-0.3, -0.25) is 4.57 Å². The van der Waals surface area contributed by atoms with E-state index in [1.54, 1.807) is 6.07 Å². The monoisotopic (exact) mass is 338 g/mol. The predicted molar refractivity (Wildman–Crippen MR) is 90.1 cm³/mol. The molecular weight excluding hydrogens is 327 g/mol. The van der Waals surface area contributed by atoms with Gasteiger partial charge in [-0.05, 0) is 49.2 Å². The summed E-state index contributed by atoms with van der Waals surface area (Å²) in [5.41, 5.74) is 5.18. The van der Waals surface area contributed by atoms with Gasteiger partial charge in [-0.15, -0.1) is 11.6 Å². The average molecular weight is 340 g/mol. The molecule has 0 unspecified atom stereocenters. The molecule has 0 N–H and O–H groups in total. The molecule has 1 heterocycles. The molecule has 21 heavy (non-hydrogen) atoms. The average Bonchev–Trinajstić information content (AvgIpc) is 2.80. The Balaban J connectivity index is 2.34. The number of benzene rings is 2. The zero-order chi connectivity index (χ0) is 15.1. The molecule has 0 saturated heterocycles. The first-order valence-corrected chi connectivity index (χ1v) is 7.80. The Bertz CT molecular complexity index is 837. The largest absolute Gasteiger partial charge is 0.295 e. The van der Waals surface area contributed by atoms with Crippen molar-refractivity contribution < 1.29 is 0 Å². The summed E-state index contributed by atoms with van der Waals surface area (Å²) < 4.78 is 2.02. The number of aromatic nitrogens is 2. The molecule has 0 amide bonds. The second kappa shape index (κ2) is 5.53. The minimum absolute atomic E-state index is 0.316. The highest BCUT2D eigenvalue weighted by Crippen LogP contribution is 2.31. The van der Waals surface area contributed by atoms with Gasteiger partial charge in [-0.1, -0.05) is 29.3 Å². The van der Waals surface area contributed by atoms with Crippen LogP contribution in [-0.2, 0) is 5.88 Å². The van der Waals surface area contributed by atoms with Crippen molar-refractivity contribution in [1.82, 2.24) is 9.55 Å². The molecule has 0 saturated carbocycles. The quantitative estimate of drug-likeness (QED) is 0.549. The number of nitrogens with zero attached hydrogens (tertiary/aromatic N) is 2. The summed E-state index contributed by atoms with van der Waals surface area (Å²) in [6, 6.07) is 9.87. The Morgan fingerprint density at radius 1 is 1.00 bits per heavy atom. The van der Waals surface area contributed by atoms with Crippen LogP contribution in [0.4, 0.5) is 0 Å². The lowest BCUT2D eigenvalue weighted by molar-refractivity contribution is 0.978. The number of aryl methyl sites for hydroxylation is 2. The molecule has 0 aliphatic rings. The van der Waals surface area contributed by atoms with Crippen LogP contribution in [0.2, 0.25) is 10.0 Å². The SMILES string of the molecule is Cc1ccc(-n2c(CCl)nc3cc(Cl)c(Cl)cc32)cc1C. The van der Waals surface area contributed by atoms with Crippen molar-refractivity contribution in [3.8, 4) is 5.69 Å². The van der Waals surface area contributed by atoms with E-state index in [-0.39, 0.29) is 0 Å². The molecule has 0 radical (unpaired) electrons. The van der Waals surface area contributed by atoms with Gasteiger partial charge in [0.15, 0.2) is 0 Å². The van der Waals surface area contributed by atoms with Crippen molar-refractivity contribution in [2.75, 3.05) is 0 Å². The van der Waals surface area contributed by atoms with Gasteiger partial charge in [0.1, 0.15) is 5.82 Å². The van der Waals surface area contributed by atoms with Gasteiger partial charge in [-0.25, -0.2) is 4.98 Å². The van der Waals surface area contributed by atoms with Gasteiger partial charge < -0.3 is 0 Å². The standard InChI is InChI=1S/C16H13Cl3N2/c1-9-3-4-11(5-10(9)2)21-15-7-13(19)12(18)6-14(15)20-16(21)8-17/h3-7H,8H2,1-2H3. The zero-order valence-corrected chi connectivity index (χ0v) is 13.9. The molecule has 0 bridgehead atoms. The van der Waals surface area contributed by atoms with Crippen LogP contribution in [0.1, 0.15) is 17.0 Å². The number of hydrogen-bond acceptors (Lipinski definition) is 1. The third-order valence-electron chi connectivity index (χ3n) is 3.63. The molecule has 108 valence electrons. The van der Waals surface area contributed by atoms with Crippen molar-refractivity contribution in [3.05, 3.63) is 57.3 Å². The molecule has 0 spiro atoms. The third-order valence-corrected chi connectivity index (χ3v) is 4.60. The highest BCUT2D eigenvalue weighted by Gasteiger charge is 2.14. The predicted octanol–water partition coefficient (Wildman–Crippen LogP) is 5.69. The van der Waals surface area contributed by atoms with Gasteiger partial charge in [-0.2, -0.15) is 0 Å². The summed E-state index contributed by atoms with van der Waals surface area (Å²) in [7, 11) is 0. The molecule has 0 atom stereocenters. The fraction of sp³-hybridized carbons (Fsp3) is 0.188. The molecule has 3 rings (SSSR count). The van der Waals surface area contributed by atoms with Crippen molar-refractivity contribution in [2.45, 2.75) is 19.7 Å². The lowest BCUT2D eigenvalue weighted by atomic mass is 10.1. The van der Waals surface area contributed by atoms with Crippen molar-refractivity contribution >= 4 is 45.8 Å². The highest BCUT2D eigenvalue weighted by atomic mass is 35.5. The Labute approximate surface area is 138 Å². The second-order valence-corrected chi connectivity index (χ2v) is 6.10. The second-order valence-electron chi connectivity index (χ2n) is 5.02. The number of halogens is 3. The minimum atomic E-state index is 0.316. The molecule has 5 heteroatoms. The maximum atomic E-state index is 6.15. The maximum absolute atomic E-state index is 6.15. The first-order valence-electron chi connectivity index (χ1n) is 6.51. The van der Waals surface area contributed by atoms with Gasteiger partial charge in [0, 0.05) is 5.69 Å². The van der Waals surface area contributed by atoms with Crippen LogP contribution in [0.5, 0.6) is 0 Å². The van der Waals surface area contributed by atoms with Crippen molar-refractivity contribution in [2.24, 2.45) is 0 Å². The fourth-order valence-corrected chi connectivity index (χ4v) is 2.86. The lowest BCUT2D eigenvalue weighted by Crippen LogP contribution is -2.00. The maximum Gasteiger partial charge on any atom is 0.129 e. The zero-order valence-electron chi connectivity index (χ0n) is 11.6. The van der Waals surface area contributed by atoms with E-state index in [0.717, 1.165) is 22.5 Å². The molecule has 0 aliphatic heterocycles. The summed E-state index contributed by atoms with van der Waals surface area (Å²) in [6.07, 6.45) is 0. The summed E-state index contributed by atoms with van der Waals surface area (Å²) in [4.78, 5) is 4.55. The molecular formula is C16H13Cl3N2. The molecule has 1 aromatic heterocycles. The first-order chi connectivity index (χ1) is 10.0. The minimum Gasteiger partial charge on any atom is -0.295 e. The Morgan fingerprint density at radius 2 is 1.71 bits per heavy atom. The molecule has 2 nitrogen and oxygen atoms in total. The number of hydrogen-bond donors (Lipinski definition) is 0.